The van der Waals surface area contributed by atoms with Gasteiger partial charge in [-0.15, -0.1) is 11.3 Å². The fourth-order valence-corrected chi connectivity index (χ4v) is 13.1. The Morgan fingerprint density at radius 2 is 0.985 bits per heavy atom. The molecule has 1 aliphatic heterocycles. The molecule has 0 atom stereocenters. The lowest BCUT2D eigenvalue weighted by atomic mass is 9.67. The lowest BCUT2D eigenvalue weighted by Gasteiger charge is -2.39. The Hall–Kier alpha value is -7.77. The van der Waals surface area contributed by atoms with Crippen molar-refractivity contribution in [2.45, 2.75) is 15.2 Å². The van der Waals surface area contributed by atoms with Gasteiger partial charge in [0.15, 0.2) is 17.5 Å². The van der Waals surface area contributed by atoms with Gasteiger partial charge in [-0.1, -0.05) is 176 Å². The van der Waals surface area contributed by atoms with Crippen LogP contribution in [0.15, 0.2) is 216 Å². The third-order valence-electron chi connectivity index (χ3n) is 13.4. The van der Waals surface area contributed by atoms with E-state index in [4.69, 9.17) is 19.9 Å². The maximum atomic E-state index is 5.50. The van der Waals surface area contributed by atoms with Gasteiger partial charge in [0.25, 0.3) is 0 Å². The third kappa shape index (κ3) is 5.32. The standard InChI is InChI=1S/C59H34N4S2/c1-3-16-35(17-4-1)54-41-31-32-47-53(40-21-7-9-24-44(40)59(47)45-25-10-13-28-50(45)64-51-29-14-11-26-46(51)59)52(41)43-34-37(30-33-48(43)60-54)57-61-56(36-18-5-2-6-19-36)62-58(63-57)42-23-15-22-39-38-20-8-12-27-49(38)65-55(39)42/h1-34H. The van der Waals surface area contributed by atoms with E-state index in [0.29, 0.717) is 17.5 Å². The van der Waals surface area contributed by atoms with Gasteiger partial charge in [0.2, 0.25) is 0 Å². The molecule has 0 amide bonds. The summed E-state index contributed by atoms with van der Waals surface area (Å²) in [5.41, 5.74) is 13.0. The predicted octanol–water partition coefficient (Wildman–Crippen LogP) is 15.4. The second-order valence-electron chi connectivity index (χ2n) is 16.8. The van der Waals surface area contributed by atoms with E-state index in [1.165, 1.54) is 68.7 Å². The lowest BCUT2D eigenvalue weighted by molar-refractivity contribution is 0.723. The number of rotatable bonds is 4. The summed E-state index contributed by atoms with van der Waals surface area (Å²) < 4.78 is 2.41. The molecule has 0 fully saturated rings. The Bertz CT molecular complexity index is 3890. The monoisotopic (exact) mass is 862 g/mol. The third-order valence-corrected chi connectivity index (χ3v) is 15.8. The van der Waals surface area contributed by atoms with Crippen LogP contribution in [0.3, 0.4) is 0 Å². The van der Waals surface area contributed by atoms with Crippen LogP contribution in [0.25, 0.3) is 98.4 Å². The zero-order chi connectivity index (χ0) is 42.6. The van der Waals surface area contributed by atoms with Crippen molar-refractivity contribution in [3.8, 4) is 56.5 Å². The van der Waals surface area contributed by atoms with Crippen LogP contribution in [-0.4, -0.2) is 19.9 Å². The smallest absolute Gasteiger partial charge is 0.165 e. The summed E-state index contributed by atoms with van der Waals surface area (Å²) in [6.45, 7) is 0. The Morgan fingerprint density at radius 1 is 0.369 bits per heavy atom. The number of benzene rings is 9. The van der Waals surface area contributed by atoms with Gasteiger partial charge in [0.05, 0.1) is 16.6 Å². The van der Waals surface area contributed by atoms with E-state index in [1.807, 2.05) is 30.0 Å². The average molecular weight is 863 g/mol. The molecule has 4 nitrogen and oxygen atoms in total. The zero-order valence-electron chi connectivity index (χ0n) is 34.7. The number of thiophene rings is 1. The van der Waals surface area contributed by atoms with Gasteiger partial charge in [-0.3, -0.25) is 0 Å². The minimum Gasteiger partial charge on any atom is -0.247 e. The highest BCUT2D eigenvalue weighted by Gasteiger charge is 2.50. The van der Waals surface area contributed by atoms with Crippen molar-refractivity contribution in [3.63, 3.8) is 0 Å². The van der Waals surface area contributed by atoms with Crippen molar-refractivity contribution < 1.29 is 0 Å². The van der Waals surface area contributed by atoms with Crippen LogP contribution in [0.5, 0.6) is 0 Å². The molecule has 14 rings (SSSR count). The molecule has 1 aliphatic carbocycles. The van der Waals surface area contributed by atoms with E-state index in [-0.39, 0.29) is 0 Å². The highest BCUT2D eigenvalue weighted by atomic mass is 32.2. The molecule has 0 saturated carbocycles. The van der Waals surface area contributed by atoms with Crippen LogP contribution in [0.1, 0.15) is 22.3 Å². The second-order valence-corrected chi connectivity index (χ2v) is 18.9. The van der Waals surface area contributed by atoms with E-state index in [0.717, 1.165) is 44.2 Å². The highest BCUT2D eigenvalue weighted by Crippen LogP contribution is 2.63. The molecule has 12 aromatic rings. The van der Waals surface area contributed by atoms with Crippen molar-refractivity contribution in [3.05, 3.63) is 229 Å². The molecule has 1 spiro atoms. The molecule has 0 unspecified atom stereocenters. The summed E-state index contributed by atoms with van der Waals surface area (Å²) in [7, 11) is 0. The summed E-state index contributed by atoms with van der Waals surface area (Å²) in [5, 5.41) is 5.79. The summed E-state index contributed by atoms with van der Waals surface area (Å²) in [5.74, 6) is 1.90. The maximum absolute atomic E-state index is 5.50. The van der Waals surface area contributed by atoms with Crippen LogP contribution in [0.4, 0.5) is 0 Å². The molecular formula is C59H34N4S2. The van der Waals surface area contributed by atoms with Crippen LogP contribution < -0.4 is 0 Å². The molecule has 0 bridgehead atoms. The lowest BCUT2D eigenvalue weighted by Crippen LogP contribution is -2.31. The van der Waals surface area contributed by atoms with Gasteiger partial charge >= 0.3 is 0 Å². The zero-order valence-corrected chi connectivity index (χ0v) is 36.4. The van der Waals surface area contributed by atoms with E-state index in [2.05, 4.69) is 188 Å². The van der Waals surface area contributed by atoms with Crippen molar-refractivity contribution in [2.24, 2.45) is 0 Å². The van der Waals surface area contributed by atoms with Crippen LogP contribution in [0.2, 0.25) is 0 Å². The van der Waals surface area contributed by atoms with Gasteiger partial charge in [-0.05, 0) is 75.8 Å². The molecule has 6 heteroatoms. The van der Waals surface area contributed by atoms with E-state index < -0.39 is 5.41 Å². The molecule has 3 aromatic heterocycles. The first-order chi connectivity index (χ1) is 32.2. The summed E-state index contributed by atoms with van der Waals surface area (Å²) in [6, 6.07) is 74.3. The number of aromatic nitrogens is 4. The molecular weight excluding hydrogens is 829 g/mol. The second kappa shape index (κ2) is 14.1. The minimum atomic E-state index is -0.514. The number of fused-ring (bicyclic) bond motifs is 16. The van der Waals surface area contributed by atoms with Gasteiger partial charge in [-0.25, -0.2) is 19.9 Å². The van der Waals surface area contributed by atoms with Crippen LogP contribution in [0, 0.1) is 0 Å². The SMILES string of the molecule is c1ccc(-c2nc(-c3ccc4nc(-c5ccccc5)c5ccc6c(c5c4c3)-c3ccccc3C63c4ccccc4Sc4ccccc43)nc(-c3cccc4c3sc3ccccc34)n2)cc1. The first kappa shape index (κ1) is 36.7. The number of pyridine rings is 1. The molecule has 0 radical (unpaired) electrons. The number of hydrogen-bond acceptors (Lipinski definition) is 6. The largest absolute Gasteiger partial charge is 0.247 e. The molecule has 0 saturated heterocycles. The molecule has 2 aliphatic rings. The van der Waals surface area contributed by atoms with E-state index in [9.17, 15) is 0 Å². The van der Waals surface area contributed by atoms with E-state index in [1.54, 1.807) is 11.3 Å². The molecule has 9 aromatic carbocycles. The normalized spacial score (nSPS) is 13.3. The van der Waals surface area contributed by atoms with E-state index >= 15 is 0 Å². The Morgan fingerprint density at radius 3 is 1.77 bits per heavy atom. The Balaban J connectivity index is 1.08. The molecule has 0 N–H and O–H groups in total. The first-order valence-electron chi connectivity index (χ1n) is 21.9. The molecule has 65 heavy (non-hydrogen) atoms. The maximum Gasteiger partial charge on any atom is 0.165 e. The van der Waals surface area contributed by atoms with Gasteiger partial charge in [0.1, 0.15) is 0 Å². The average Bonchev–Trinajstić information content (AvgIpc) is 3.90. The predicted molar refractivity (Wildman–Crippen MR) is 269 cm³/mol. The van der Waals surface area contributed by atoms with Crippen molar-refractivity contribution >= 4 is 64.9 Å². The fraction of sp³-hybridized carbons (Fsp3) is 0.0169. The Labute approximate surface area is 383 Å². The van der Waals surface area contributed by atoms with Gasteiger partial charge in [-0.2, -0.15) is 0 Å². The highest BCUT2D eigenvalue weighted by molar-refractivity contribution is 7.99. The topological polar surface area (TPSA) is 51.6 Å². The van der Waals surface area contributed by atoms with Crippen molar-refractivity contribution in [1.82, 2.24) is 19.9 Å². The minimum absolute atomic E-state index is 0.514. The summed E-state index contributed by atoms with van der Waals surface area (Å²) in [6.07, 6.45) is 0. The van der Waals surface area contributed by atoms with Crippen molar-refractivity contribution in [2.75, 3.05) is 0 Å². The fourth-order valence-electron chi connectivity index (χ4n) is 10.7. The Kier molecular flexibility index (Phi) is 7.97. The first-order valence-corrected chi connectivity index (χ1v) is 23.5. The van der Waals surface area contributed by atoms with Gasteiger partial charge in [0, 0.05) is 68.4 Å². The van der Waals surface area contributed by atoms with Crippen molar-refractivity contribution in [1.29, 1.82) is 0 Å². The number of hydrogen-bond donors (Lipinski definition) is 0. The summed E-state index contributed by atoms with van der Waals surface area (Å²) >= 11 is 3.66. The van der Waals surface area contributed by atoms with Crippen LogP contribution >= 0.6 is 23.1 Å². The number of nitrogens with zero attached hydrogens (tertiary/aromatic N) is 4. The molecule has 302 valence electrons. The quantitative estimate of drug-likeness (QED) is 0.165. The summed E-state index contributed by atoms with van der Waals surface area (Å²) in [4.78, 5) is 23.9. The van der Waals surface area contributed by atoms with Gasteiger partial charge < -0.3 is 0 Å². The molecule has 4 heterocycles. The van der Waals surface area contributed by atoms with Crippen LogP contribution in [-0.2, 0) is 5.41 Å².